The number of halogens is 1. The number of hydrogen-bond donors (Lipinski definition) is 0. The van der Waals surface area contributed by atoms with Crippen molar-refractivity contribution in [2.24, 2.45) is 0 Å². The Kier molecular flexibility index (Phi) is 4.62. The third-order valence-electron chi connectivity index (χ3n) is 4.57. The average Bonchev–Trinajstić information content (AvgIpc) is 3.15. The number of amides is 1. The molecule has 0 unspecified atom stereocenters. The van der Waals surface area contributed by atoms with Gasteiger partial charge >= 0.3 is 0 Å². The first kappa shape index (κ1) is 17.3. The number of hydrogen-bond acceptors (Lipinski definition) is 5. The van der Waals surface area contributed by atoms with E-state index in [4.69, 9.17) is 0 Å². The van der Waals surface area contributed by atoms with Gasteiger partial charge in [-0.2, -0.15) is 10.2 Å². The maximum Gasteiger partial charge on any atom is 0.274 e. The lowest BCUT2D eigenvalue weighted by Gasteiger charge is -2.27. The molecule has 1 amide bonds. The molecule has 27 heavy (non-hydrogen) atoms. The lowest BCUT2D eigenvalue weighted by atomic mass is 10.1. The Balaban J connectivity index is 1.73. The van der Waals surface area contributed by atoms with Crippen LogP contribution in [-0.4, -0.2) is 55.0 Å². The van der Waals surface area contributed by atoms with Gasteiger partial charge in [-0.15, -0.1) is 5.10 Å². The zero-order valence-electron chi connectivity index (χ0n) is 14.9. The zero-order chi connectivity index (χ0) is 18.8. The molecule has 3 aromatic rings. The van der Waals surface area contributed by atoms with Gasteiger partial charge in [-0.25, -0.2) is 9.07 Å². The van der Waals surface area contributed by atoms with Crippen molar-refractivity contribution in [2.75, 3.05) is 13.1 Å². The highest BCUT2D eigenvalue weighted by Crippen LogP contribution is 2.23. The summed E-state index contributed by atoms with van der Waals surface area (Å²) in [5.41, 5.74) is 2.40. The van der Waals surface area contributed by atoms with E-state index in [1.165, 1.54) is 0 Å². The van der Waals surface area contributed by atoms with Crippen LogP contribution in [0.1, 0.15) is 29.0 Å². The molecule has 138 valence electrons. The summed E-state index contributed by atoms with van der Waals surface area (Å²) in [6, 6.07) is 10.9. The first-order valence-corrected chi connectivity index (χ1v) is 8.87. The lowest BCUT2D eigenvalue weighted by molar-refractivity contribution is 0.0660. The van der Waals surface area contributed by atoms with Gasteiger partial charge in [0.05, 0.1) is 17.1 Å². The quantitative estimate of drug-likeness (QED) is 0.712. The molecular weight excluding hydrogens is 347 g/mol. The van der Waals surface area contributed by atoms with Crippen LogP contribution in [0.2, 0.25) is 0 Å². The van der Waals surface area contributed by atoms with Crippen LogP contribution in [0.25, 0.3) is 17.2 Å². The van der Waals surface area contributed by atoms with Crippen LogP contribution >= 0.6 is 0 Å². The summed E-state index contributed by atoms with van der Waals surface area (Å²) in [6.07, 6.45) is 1.57. The summed E-state index contributed by atoms with van der Waals surface area (Å²) in [6.45, 7) is 2.65. The molecular formula is C19H19FN6O. The smallest absolute Gasteiger partial charge is 0.274 e. The van der Waals surface area contributed by atoms with Crippen molar-refractivity contribution in [3.63, 3.8) is 0 Å². The second-order valence-electron chi connectivity index (χ2n) is 6.54. The van der Waals surface area contributed by atoms with Crippen LogP contribution in [-0.2, 0) is 0 Å². The van der Waals surface area contributed by atoms with E-state index in [9.17, 15) is 9.18 Å². The number of alkyl halides is 1. The minimum absolute atomic E-state index is 0.210. The number of carbonyl (C=O) groups is 1. The standard InChI is InChI=1S/C19H19FN6O/c1-13-5-6-18(23-22-13)26-17(15-4-2-3-9-21-15)12-16(24-26)19(27)25-10-7-14(20)8-11-25/h2-6,9,12,14H,7-8,10-11H2,1H3. The monoisotopic (exact) mass is 366 g/mol. The molecule has 0 spiro atoms. The van der Waals surface area contributed by atoms with Crippen LogP contribution in [0.4, 0.5) is 4.39 Å². The van der Waals surface area contributed by atoms with Crippen molar-refractivity contribution in [1.82, 2.24) is 29.9 Å². The van der Waals surface area contributed by atoms with Crippen LogP contribution in [0.5, 0.6) is 0 Å². The SMILES string of the molecule is Cc1ccc(-n2nc(C(=O)N3CCC(F)CC3)cc2-c2ccccn2)nn1. The van der Waals surface area contributed by atoms with Crippen LogP contribution in [0.3, 0.4) is 0 Å². The van der Waals surface area contributed by atoms with Crippen LogP contribution in [0, 0.1) is 6.92 Å². The summed E-state index contributed by atoms with van der Waals surface area (Å²) >= 11 is 0. The Morgan fingerprint density at radius 2 is 1.96 bits per heavy atom. The first-order valence-electron chi connectivity index (χ1n) is 8.87. The van der Waals surface area contributed by atoms with Crippen molar-refractivity contribution in [3.05, 3.63) is 54.0 Å². The lowest BCUT2D eigenvalue weighted by Crippen LogP contribution is -2.39. The highest BCUT2D eigenvalue weighted by Gasteiger charge is 2.26. The first-order chi connectivity index (χ1) is 13.1. The van der Waals surface area contributed by atoms with Gasteiger partial charge in [-0.3, -0.25) is 9.78 Å². The Labute approximate surface area is 155 Å². The van der Waals surface area contributed by atoms with Gasteiger partial charge in [0.15, 0.2) is 11.5 Å². The van der Waals surface area contributed by atoms with Crippen molar-refractivity contribution >= 4 is 5.91 Å². The number of nitrogens with zero attached hydrogens (tertiary/aromatic N) is 6. The van der Waals surface area contributed by atoms with Crippen molar-refractivity contribution in [2.45, 2.75) is 25.9 Å². The van der Waals surface area contributed by atoms with E-state index in [0.717, 1.165) is 5.69 Å². The van der Waals surface area contributed by atoms with Crippen LogP contribution in [0.15, 0.2) is 42.6 Å². The molecule has 1 fully saturated rings. The van der Waals surface area contributed by atoms with E-state index in [-0.39, 0.29) is 11.6 Å². The van der Waals surface area contributed by atoms with E-state index < -0.39 is 6.17 Å². The van der Waals surface area contributed by atoms with E-state index in [0.29, 0.717) is 43.1 Å². The molecule has 0 bridgehead atoms. The molecule has 0 saturated carbocycles. The molecule has 1 aliphatic rings. The molecule has 0 aliphatic carbocycles. The van der Waals surface area contributed by atoms with Gasteiger partial charge in [0.1, 0.15) is 6.17 Å². The average molecular weight is 366 g/mol. The molecule has 4 heterocycles. The third kappa shape index (κ3) is 3.55. The van der Waals surface area contributed by atoms with Gasteiger partial charge in [0.2, 0.25) is 0 Å². The molecule has 0 atom stereocenters. The fourth-order valence-corrected chi connectivity index (χ4v) is 3.07. The minimum atomic E-state index is -0.835. The van der Waals surface area contributed by atoms with Gasteiger partial charge in [0, 0.05) is 19.3 Å². The fraction of sp³-hybridized carbons (Fsp3) is 0.316. The van der Waals surface area contributed by atoms with E-state index in [1.54, 1.807) is 27.9 Å². The zero-order valence-corrected chi connectivity index (χ0v) is 14.9. The maximum atomic E-state index is 13.4. The van der Waals surface area contributed by atoms with Crippen LogP contribution < -0.4 is 0 Å². The summed E-state index contributed by atoms with van der Waals surface area (Å²) in [5, 5.41) is 12.7. The van der Waals surface area contributed by atoms with Gasteiger partial charge in [0.25, 0.3) is 5.91 Å². The predicted octanol–water partition coefficient (Wildman–Crippen LogP) is 2.61. The molecule has 7 nitrogen and oxygen atoms in total. The van der Waals surface area contributed by atoms with E-state index in [2.05, 4.69) is 20.3 Å². The van der Waals surface area contributed by atoms with Crippen molar-refractivity contribution < 1.29 is 9.18 Å². The molecule has 0 radical (unpaired) electrons. The highest BCUT2D eigenvalue weighted by molar-refractivity contribution is 5.93. The van der Waals surface area contributed by atoms with Gasteiger partial charge in [-0.05, 0) is 50.1 Å². The Morgan fingerprint density at radius 3 is 2.63 bits per heavy atom. The molecule has 8 heteroatoms. The molecule has 0 N–H and O–H groups in total. The normalized spacial score (nSPS) is 15.1. The van der Waals surface area contributed by atoms with Gasteiger partial charge < -0.3 is 4.90 Å². The Bertz CT molecular complexity index is 933. The fourth-order valence-electron chi connectivity index (χ4n) is 3.07. The van der Waals surface area contributed by atoms with Crippen molar-refractivity contribution in [1.29, 1.82) is 0 Å². The van der Waals surface area contributed by atoms with Crippen molar-refractivity contribution in [3.8, 4) is 17.2 Å². The van der Waals surface area contributed by atoms with E-state index in [1.807, 2.05) is 31.2 Å². The number of likely N-dealkylation sites (tertiary alicyclic amines) is 1. The molecule has 4 rings (SSSR count). The summed E-state index contributed by atoms with van der Waals surface area (Å²) in [4.78, 5) is 18.9. The van der Waals surface area contributed by atoms with Gasteiger partial charge in [-0.1, -0.05) is 6.07 Å². The summed E-state index contributed by atoms with van der Waals surface area (Å²) < 4.78 is 15.0. The number of aryl methyl sites for hydroxylation is 1. The minimum Gasteiger partial charge on any atom is -0.337 e. The number of piperidine rings is 1. The summed E-state index contributed by atoms with van der Waals surface area (Å²) in [7, 11) is 0. The molecule has 1 aliphatic heterocycles. The number of carbonyl (C=O) groups excluding carboxylic acids is 1. The van der Waals surface area contributed by atoms with E-state index >= 15 is 0 Å². The second-order valence-corrected chi connectivity index (χ2v) is 6.54. The number of pyridine rings is 1. The number of aromatic nitrogens is 5. The topological polar surface area (TPSA) is 76.8 Å². The summed E-state index contributed by atoms with van der Waals surface area (Å²) in [5.74, 6) is 0.292. The molecule has 1 saturated heterocycles. The molecule has 3 aromatic heterocycles. The maximum absolute atomic E-state index is 13.4. The second kappa shape index (κ2) is 7.22. The third-order valence-corrected chi connectivity index (χ3v) is 4.57. The predicted molar refractivity (Wildman–Crippen MR) is 97.2 cm³/mol. The highest BCUT2D eigenvalue weighted by atomic mass is 19.1. The Hall–Kier alpha value is -3.16. The largest absolute Gasteiger partial charge is 0.337 e. The Morgan fingerprint density at radius 1 is 1.15 bits per heavy atom. The number of rotatable bonds is 3. The molecule has 0 aromatic carbocycles.